The van der Waals surface area contributed by atoms with Gasteiger partial charge < -0.3 is 15.8 Å². The van der Waals surface area contributed by atoms with Gasteiger partial charge in [-0.05, 0) is 29.7 Å². The Kier molecular flexibility index (Phi) is 3.09. The standard InChI is InChI=1S/C12H13N3O2/c1-17-9-2-3-10-8(6-9)4-5-14-12(10)15-7-11(13)16/h2-6H,7H2,1H3,(H2,13,16)(H,14,15). The summed E-state index contributed by atoms with van der Waals surface area (Å²) in [6.07, 6.45) is 1.67. The minimum absolute atomic E-state index is 0.0676. The molecule has 0 aliphatic rings. The Morgan fingerprint density at radius 3 is 3.00 bits per heavy atom. The molecule has 0 spiro atoms. The van der Waals surface area contributed by atoms with Gasteiger partial charge in [0.25, 0.3) is 0 Å². The van der Waals surface area contributed by atoms with Crippen LogP contribution >= 0.6 is 0 Å². The zero-order valence-corrected chi connectivity index (χ0v) is 9.43. The summed E-state index contributed by atoms with van der Waals surface area (Å²) in [5.41, 5.74) is 5.08. The molecule has 17 heavy (non-hydrogen) atoms. The first-order chi connectivity index (χ1) is 8.20. The summed E-state index contributed by atoms with van der Waals surface area (Å²) in [7, 11) is 1.62. The monoisotopic (exact) mass is 231 g/mol. The van der Waals surface area contributed by atoms with E-state index in [4.69, 9.17) is 10.5 Å². The number of hydrogen-bond donors (Lipinski definition) is 2. The molecule has 3 N–H and O–H groups in total. The number of anilines is 1. The van der Waals surface area contributed by atoms with Crippen molar-refractivity contribution in [3.05, 3.63) is 30.5 Å². The molecule has 0 aliphatic carbocycles. The van der Waals surface area contributed by atoms with Crippen molar-refractivity contribution >= 4 is 22.5 Å². The molecule has 1 amide bonds. The highest BCUT2D eigenvalue weighted by molar-refractivity contribution is 5.93. The van der Waals surface area contributed by atoms with E-state index in [0.29, 0.717) is 5.82 Å². The van der Waals surface area contributed by atoms with Crippen molar-refractivity contribution in [2.45, 2.75) is 0 Å². The van der Waals surface area contributed by atoms with Crippen molar-refractivity contribution in [2.24, 2.45) is 5.73 Å². The first kappa shape index (κ1) is 11.2. The SMILES string of the molecule is COc1ccc2c(NCC(N)=O)nccc2c1. The fraction of sp³-hybridized carbons (Fsp3) is 0.167. The predicted octanol–water partition coefficient (Wildman–Crippen LogP) is 1.14. The molecule has 88 valence electrons. The average Bonchev–Trinajstić information content (AvgIpc) is 2.35. The highest BCUT2D eigenvalue weighted by Gasteiger charge is 2.04. The van der Waals surface area contributed by atoms with Gasteiger partial charge in [0.1, 0.15) is 11.6 Å². The summed E-state index contributed by atoms with van der Waals surface area (Å²) in [5, 5.41) is 4.82. The third-order valence-electron chi connectivity index (χ3n) is 2.40. The normalized spacial score (nSPS) is 10.2. The fourth-order valence-corrected chi connectivity index (χ4v) is 1.59. The molecule has 0 radical (unpaired) electrons. The number of primary amides is 1. The number of amides is 1. The van der Waals surface area contributed by atoms with E-state index in [1.165, 1.54) is 0 Å². The second-order valence-corrected chi connectivity index (χ2v) is 3.57. The highest BCUT2D eigenvalue weighted by atomic mass is 16.5. The lowest BCUT2D eigenvalue weighted by Gasteiger charge is -2.08. The molecular formula is C12H13N3O2. The van der Waals surface area contributed by atoms with Crippen LogP contribution in [0.3, 0.4) is 0 Å². The van der Waals surface area contributed by atoms with Crippen LogP contribution in [0.4, 0.5) is 5.82 Å². The number of nitrogens with two attached hydrogens (primary N) is 1. The topological polar surface area (TPSA) is 77.2 Å². The molecule has 1 heterocycles. The molecule has 0 fully saturated rings. The molecule has 2 rings (SSSR count). The van der Waals surface area contributed by atoms with Gasteiger partial charge >= 0.3 is 0 Å². The van der Waals surface area contributed by atoms with E-state index in [1.54, 1.807) is 13.3 Å². The smallest absolute Gasteiger partial charge is 0.236 e. The lowest BCUT2D eigenvalue weighted by atomic mass is 10.1. The number of methoxy groups -OCH3 is 1. The number of hydrogen-bond acceptors (Lipinski definition) is 4. The van der Waals surface area contributed by atoms with Crippen LogP contribution in [0.5, 0.6) is 5.75 Å². The zero-order valence-electron chi connectivity index (χ0n) is 9.43. The molecule has 0 unspecified atom stereocenters. The van der Waals surface area contributed by atoms with Crippen molar-refractivity contribution in [2.75, 3.05) is 19.0 Å². The van der Waals surface area contributed by atoms with E-state index in [1.807, 2.05) is 24.3 Å². The quantitative estimate of drug-likeness (QED) is 0.827. The third kappa shape index (κ3) is 2.44. The minimum Gasteiger partial charge on any atom is -0.497 e. The van der Waals surface area contributed by atoms with E-state index >= 15 is 0 Å². The molecule has 0 saturated heterocycles. The lowest BCUT2D eigenvalue weighted by molar-refractivity contribution is -0.116. The Balaban J connectivity index is 2.39. The van der Waals surface area contributed by atoms with Crippen LogP contribution in [0.2, 0.25) is 0 Å². The summed E-state index contributed by atoms with van der Waals surface area (Å²) in [4.78, 5) is 14.9. The second-order valence-electron chi connectivity index (χ2n) is 3.57. The maximum atomic E-state index is 10.7. The van der Waals surface area contributed by atoms with Gasteiger partial charge in [-0.15, -0.1) is 0 Å². The molecule has 5 heteroatoms. The van der Waals surface area contributed by atoms with Gasteiger partial charge in [0, 0.05) is 11.6 Å². The average molecular weight is 231 g/mol. The molecule has 0 atom stereocenters. The van der Waals surface area contributed by atoms with Gasteiger partial charge in [0.15, 0.2) is 0 Å². The van der Waals surface area contributed by atoms with E-state index < -0.39 is 5.91 Å². The Labute approximate surface area is 98.6 Å². The number of fused-ring (bicyclic) bond motifs is 1. The highest BCUT2D eigenvalue weighted by Crippen LogP contribution is 2.24. The number of pyridine rings is 1. The number of nitrogens with one attached hydrogen (secondary N) is 1. The molecule has 1 aromatic carbocycles. The number of nitrogens with zero attached hydrogens (tertiary/aromatic N) is 1. The Hall–Kier alpha value is -2.30. The van der Waals surface area contributed by atoms with E-state index in [9.17, 15) is 4.79 Å². The Morgan fingerprint density at radius 1 is 1.47 bits per heavy atom. The largest absolute Gasteiger partial charge is 0.497 e. The number of rotatable bonds is 4. The zero-order chi connectivity index (χ0) is 12.3. The van der Waals surface area contributed by atoms with Crippen LogP contribution in [0.1, 0.15) is 0 Å². The second kappa shape index (κ2) is 4.69. The number of aromatic nitrogens is 1. The van der Waals surface area contributed by atoms with E-state index in [2.05, 4.69) is 10.3 Å². The molecule has 0 bridgehead atoms. The van der Waals surface area contributed by atoms with Crippen LogP contribution in [0.25, 0.3) is 10.8 Å². The van der Waals surface area contributed by atoms with Crippen LogP contribution < -0.4 is 15.8 Å². The molecule has 0 aliphatic heterocycles. The van der Waals surface area contributed by atoms with Crippen molar-refractivity contribution in [3.63, 3.8) is 0 Å². The van der Waals surface area contributed by atoms with Gasteiger partial charge in [0.2, 0.25) is 5.91 Å². The number of carbonyl (C=O) groups is 1. The summed E-state index contributed by atoms with van der Waals surface area (Å²) in [6, 6.07) is 7.53. The molecule has 2 aromatic rings. The summed E-state index contributed by atoms with van der Waals surface area (Å²) >= 11 is 0. The fourth-order valence-electron chi connectivity index (χ4n) is 1.59. The number of ether oxygens (including phenoxy) is 1. The summed E-state index contributed by atoms with van der Waals surface area (Å²) in [5.74, 6) is 1.01. The maximum absolute atomic E-state index is 10.7. The third-order valence-corrected chi connectivity index (χ3v) is 2.40. The van der Waals surface area contributed by atoms with Gasteiger partial charge in [-0.3, -0.25) is 4.79 Å². The first-order valence-corrected chi connectivity index (χ1v) is 5.15. The van der Waals surface area contributed by atoms with Crippen molar-refractivity contribution in [3.8, 4) is 5.75 Å². The number of carbonyl (C=O) groups excluding carboxylic acids is 1. The summed E-state index contributed by atoms with van der Waals surface area (Å²) < 4.78 is 5.15. The van der Waals surface area contributed by atoms with E-state index in [0.717, 1.165) is 16.5 Å². The van der Waals surface area contributed by atoms with Crippen molar-refractivity contribution < 1.29 is 9.53 Å². The van der Waals surface area contributed by atoms with Crippen LogP contribution in [-0.2, 0) is 4.79 Å². The van der Waals surface area contributed by atoms with Gasteiger partial charge in [-0.25, -0.2) is 4.98 Å². The van der Waals surface area contributed by atoms with Crippen molar-refractivity contribution in [1.82, 2.24) is 4.98 Å². The lowest BCUT2D eigenvalue weighted by Crippen LogP contribution is -2.22. The maximum Gasteiger partial charge on any atom is 0.236 e. The van der Waals surface area contributed by atoms with Crippen LogP contribution in [-0.4, -0.2) is 24.5 Å². The Bertz CT molecular complexity index is 554. The summed E-state index contributed by atoms with van der Waals surface area (Å²) in [6.45, 7) is 0.0676. The Morgan fingerprint density at radius 2 is 2.29 bits per heavy atom. The van der Waals surface area contributed by atoms with Crippen LogP contribution in [0, 0.1) is 0 Å². The molecule has 5 nitrogen and oxygen atoms in total. The first-order valence-electron chi connectivity index (χ1n) is 5.15. The van der Waals surface area contributed by atoms with Gasteiger partial charge in [-0.1, -0.05) is 0 Å². The predicted molar refractivity (Wildman–Crippen MR) is 66.0 cm³/mol. The number of benzene rings is 1. The van der Waals surface area contributed by atoms with E-state index in [-0.39, 0.29) is 6.54 Å². The molecular weight excluding hydrogens is 218 g/mol. The van der Waals surface area contributed by atoms with Crippen molar-refractivity contribution in [1.29, 1.82) is 0 Å². The molecule has 0 saturated carbocycles. The van der Waals surface area contributed by atoms with Gasteiger partial charge in [-0.2, -0.15) is 0 Å². The minimum atomic E-state index is -0.419. The molecule has 1 aromatic heterocycles. The van der Waals surface area contributed by atoms with Gasteiger partial charge in [0.05, 0.1) is 13.7 Å². The van der Waals surface area contributed by atoms with Crippen LogP contribution in [0.15, 0.2) is 30.5 Å².